The summed E-state index contributed by atoms with van der Waals surface area (Å²) in [6.45, 7) is 0. The van der Waals surface area contributed by atoms with Gasteiger partial charge in [-0.2, -0.15) is 0 Å². The zero-order valence-corrected chi connectivity index (χ0v) is 16.7. The Morgan fingerprint density at radius 1 is 0.593 bits per heavy atom. The van der Waals surface area contributed by atoms with Gasteiger partial charge >= 0.3 is 166 Å². The summed E-state index contributed by atoms with van der Waals surface area (Å²) >= 11 is 6.03. The second kappa shape index (κ2) is 8.05. The Bertz CT molecular complexity index is 890. The zero-order valence-electron chi connectivity index (χ0n) is 14.9. The van der Waals surface area contributed by atoms with Crippen LogP contribution in [0.1, 0.15) is 5.56 Å². The Balaban J connectivity index is 1.98. The molecule has 0 saturated heterocycles. The number of halogens is 1. The first-order valence-electron chi connectivity index (χ1n) is 9.06. The normalized spacial score (nSPS) is 11.9. The molecule has 0 radical (unpaired) electrons. The molecule has 1 heterocycles. The van der Waals surface area contributed by atoms with E-state index in [2.05, 4.69) is 102 Å². The van der Waals surface area contributed by atoms with Crippen molar-refractivity contribution in [1.29, 1.82) is 0 Å². The molecule has 0 aliphatic carbocycles. The molecule has 1 nitrogen and oxygen atoms in total. The number of benzene rings is 3. The number of pyridine rings is 1. The van der Waals surface area contributed by atoms with Gasteiger partial charge in [-0.3, -0.25) is 0 Å². The van der Waals surface area contributed by atoms with Crippen LogP contribution in [0, 0.1) is 0 Å². The first-order chi connectivity index (χ1) is 13.3. The van der Waals surface area contributed by atoms with E-state index in [4.69, 9.17) is 11.6 Å². The second-order valence-electron chi connectivity index (χ2n) is 6.67. The van der Waals surface area contributed by atoms with E-state index in [1.54, 1.807) is 0 Å². The molecule has 0 bridgehead atoms. The molecule has 0 N–H and O–H groups in total. The Morgan fingerprint density at radius 2 is 1.04 bits per heavy atom. The first-order valence-corrected chi connectivity index (χ1v) is 11.6. The number of rotatable bonds is 5. The molecule has 0 fully saturated rings. The third-order valence-corrected chi connectivity index (χ3v) is 10.2. The van der Waals surface area contributed by atoms with E-state index in [1.165, 1.54) is 21.5 Å². The van der Waals surface area contributed by atoms with Crippen molar-refractivity contribution in [2.75, 3.05) is 0 Å². The van der Waals surface area contributed by atoms with Crippen LogP contribution in [-0.4, -0.2) is 4.98 Å². The van der Waals surface area contributed by atoms with E-state index in [0.29, 0.717) is 5.15 Å². The summed E-state index contributed by atoms with van der Waals surface area (Å²) in [6, 6.07) is 36.7. The van der Waals surface area contributed by atoms with Gasteiger partial charge in [0, 0.05) is 0 Å². The van der Waals surface area contributed by atoms with Crippen LogP contribution in [0.25, 0.3) is 0 Å². The van der Waals surface area contributed by atoms with Gasteiger partial charge in [0.2, 0.25) is 0 Å². The fourth-order valence-corrected chi connectivity index (χ4v) is 8.62. The topological polar surface area (TPSA) is 12.9 Å². The molecule has 0 atom stereocenters. The maximum atomic E-state index is 6.03. The van der Waals surface area contributed by atoms with Gasteiger partial charge in [-0.1, -0.05) is 0 Å². The first kappa shape index (κ1) is 17.9. The predicted molar refractivity (Wildman–Crippen MR) is 119 cm³/mol. The monoisotopic (exact) mass is 389 g/mol. The van der Waals surface area contributed by atoms with Crippen LogP contribution in [0.15, 0.2) is 109 Å². The van der Waals surface area contributed by atoms with Crippen LogP contribution in [-0.2, 0) is 6.16 Å². The molecular weight excluding hydrogens is 369 g/mol. The van der Waals surface area contributed by atoms with Crippen molar-refractivity contribution >= 4 is 34.8 Å². The van der Waals surface area contributed by atoms with Crippen LogP contribution in [0.2, 0.25) is 5.15 Å². The number of nitrogens with zero attached hydrogens (tertiary/aromatic N) is 1. The molecule has 0 aliphatic rings. The molecule has 27 heavy (non-hydrogen) atoms. The van der Waals surface area contributed by atoms with E-state index in [-0.39, 0.29) is 0 Å². The molecule has 4 aromatic rings. The van der Waals surface area contributed by atoms with Crippen molar-refractivity contribution < 1.29 is 0 Å². The van der Waals surface area contributed by atoms with Gasteiger partial charge in [-0.05, 0) is 0 Å². The zero-order chi connectivity index (χ0) is 18.5. The number of hydrogen-bond donors (Lipinski definition) is 0. The van der Waals surface area contributed by atoms with Gasteiger partial charge in [0.15, 0.2) is 0 Å². The van der Waals surface area contributed by atoms with Crippen molar-refractivity contribution in [2.24, 2.45) is 0 Å². The number of aromatic nitrogens is 1. The maximum absolute atomic E-state index is 6.03. The summed E-state index contributed by atoms with van der Waals surface area (Å²) in [5.74, 6) is 0. The summed E-state index contributed by atoms with van der Waals surface area (Å²) in [6.07, 6.45) is 2.86. The van der Waals surface area contributed by atoms with Gasteiger partial charge in [0.25, 0.3) is 0 Å². The Kier molecular flexibility index (Phi) is 5.34. The molecule has 134 valence electrons. The van der Waals surface area contributed by atoms with Gasteiger partial charge in [-0.25, -0.2) is 0 Å². The van der Waals surface area contributed by atoms with Crippen LogP contribution < -0.4 is 15.9 Å². The van der Waals surface area contributed by atoms with E-state index in [9.17, 15) is 0 Å². The quantitative estimate of drug-likeness (QED) is 0.347. The standard InChI is InChI=1S/C24H21ClNP/c25-24-17-16-20(18-26-24)19-27(21-10-4-1-5-11-21,22-12-6-2-7-13-22)23-14-8-3-9-15-23/h1-18,27H,19H2. The average molecular weight is 390 g/mol. The van der Waals surface area contributed by atoms with Crippen LogP contribution in [0.3, 0.4) is 0 Å². The molecule has 0 unspecified atom stereocenters. The van der Waals surface area contributed by atoms with Crippen LogP contribution in [0.5, 0.6) is 0 Å². The molecule has 1 aromatic heterocycles. The van der Waals surface area contributed by atoms with Crippen molar-refractivity contribution in [3.63, 3.8) is 0 Å². The fourth-order valence-electron chi connectivity index (χ4n) is 3.79. The summed E-state index contributed by atoms with van der Waals surface area (Å²) in [4.78, 5) is 4.33. The van der Waals surface area contributed by atoms with E-state index in [0.717, 1.165) is 6.16 Å². The molecule has 4 rings (SSSR count). The summed E-state index contributed by atoms with van der Waals surface area (Å²) in [7, 11) is -2.27. The fraction of sp³-hybridized carbons (Fsp3) is 0.0417. The molecule has 0 aliphatic heterocycles. The summed E-state index contributed by atoms with van der Waals surface area (Å²) in [5.41, 5.74) is 1.21. The van der Waals surface area contributed by atoms with Gasteiger partial charge in [0.05, 0.1) is 0 Å². The minimum atomic E-state index is -2.27. The number of hydrogen-bond acceptors (Lipinski definition) is 1. The van der Waals surface area contributed by atoms with Crippen LogP contribution >= 0.6 is 18.9 Å². The van der Waals surface area contributed by atoms with Crippen molar-refractivity contribution in [3.8, 4) is 0 Å². The van der Waals surface area contributed by atoms with Gasteiger partial charge in [0.1, 0.15) is 0 Å². The van der Waals surface area contributed by atoms with Crippen molar-refractivity contribution in [1.82, 2.24) is 4.98 Å². The Morgan fingerprint density at radius 3 is 1.41 bits per heavy atom. The molecule has 0 spiro atoms. The SMILES string of the molecule is Clc1ccc(C[PH](c2ccccc2)(c2ccccc2)c2ccccc2)cn1. The van der Waals surface area contributed by atoms with Gasteiger partial charge in [-0.15, -0.1) is 0 Å². The second-order valence-corrected chi connectivity index (χ2v) is 11.0. The Labute approximate surface area is 166 Å². The molecule has 0 saturated carbocycles. The van der Waals surface area contributed by atoms with E-state index in [1.807, 2.05) is 12.3 Å². The van der Waals surface area contributed by atoms with Gasteiger partial charge < -0.3 is 0 Å². The Hall–Kier alpha value is -2.47. The predicted octanol–water partition coefficient (Wildman–Crippen LogP) is 4.96. The van der Waals surface area contributed by atoms with Crippen molar-refractivity contribution in [2.45, 2.75) is 6.16 Å². The summed E-state index contributed by atoms with van der Waals surface area (Å²) in [5, 5.41) is 4.73. The molecule has 3 heteroatoms. The van der Waals surface area contributed by atoms with Crippen LogP contribution in [0.4, 0.5) is 0 Å². The van der Waals surface area contributed by atoms with Crippen molar-refractivity contribution in [3.05, 3.63) is 120 Å². The third-order valence-electron chi connectivity index (χ3n) is 5.06. The minimum absolute atomic E-state index is 0.533. The molecular formula is C24H21ClNP. The van der Waals surface area contributed by atoms with E-state index >= 15 is 0 Å². The molecule has 3 aromatic carbocycles. The molecule has 0 amide bonds. The van der Waals surface area contributed by atoms with E-state index < -0.39 is 7.26 Å². The average Bonchev–Trinajstić information content (AvgIpc) is 2.75. The summed E-state index contributed by atoms with van der Waals surface area (Å²) < 4.78 is 0. The third kappa shape index (κ3) is 3.67.